The fourth-order valence-electron chi connectivity index (χ4n) is 2.80. The first-order chi connectivity index (χ1) is 12.5. The number of aliphatic carboxylic acids is 1. The van der Waals surface area contributed by atoms with E-state index in [2.05, 4.69) is 5.32 Å². The first-order valence-corrected chi connectivity index (χ1v) is 8.84. The Labute approximate surface area is 159 Å². The monoisotopic (exact) mass is 373 g/mol. The Bertz CT molecular complexity index is 840. The minimum Gasteiger partial charge on any atom is -0.497 e. The van der Waals surface area contributed by atoms with Crippen molar-refractivity contribution < 1.29 is 24.2 Å². The number of carbonyl (C=O) groups is 2. The van der Waals surface area contributed by atoms with E-state index in [4.69, 9.17) is 9.47 Å². The van der Waals surface area contributed by atoms with E-state index in [1.165, 1.54) is 0 Å². The summed E-state index contributed by atoms with van der Waals surface area (Å²) in [5, 5.41) is 14.4. The second-order valence-corrected chi connectivity index (χ2v) is 7.74. The maximum absolute atomic E-state index is 12.0. The highest BCUT2D eigenvalue weighted by Crippen LogP contribution is 2.31. The highest BCUT2D eigenvalue weighted by atomic mass is 16.6. The van der Waals surface area contributed by atoms with E-state index in [-0.39, 0.29) is 13.0 Å². The molecule has 2 aromatic carbocycles. The van der Waals surface area contributed by atoms with Crippen molar-refractivity contribution in [2.45, 2.75) is 45.1 Å². The molecule has 0 saturated heterocycles. The van der Waals surface area contributed by atoms with Crippen LogP contribution < -0.4 is 10.1 Å². The van der Waals surface area contributed by atoms with Crippen LogP contribution in [0.4, 0.5) is 4.79 Å². The van der Waals surface area contributed by atoms with Gasteiger partial charge in [0, 0.05) is 6.54 Å². The number of carbonyl (C=O) groups excluding carboxylic acids is 1. The number of carboxylic acid groups (broad SMARTS) is 1. The van der Waals surface area contributed by atoms with E-state index in [0.29, 0.717) is 5.56 Å². The van der Waals surface area contributed by atoms with Crippen LogP contribution in [0, 0.1) is 0 Å². The van der Waals surface area contributed by atoms with E-state index in [0.717, 1.165) is 16.5 Å². The zero-order valence-electron chi connectivity index (χ0n) is 16.5. The molecule has 1 amide bonds. The zero-order chi connectivity index (χ0) is 20.2. The number of fused-ring (bicyclic) bond motifs is 1. The van der Waals surface area contributed by atoms with E-state index < -0.39 is 23.1 Å². The van der Waals surface area contributed by atoms with Crippen LogP contribution in [0.25, 0.3) is 10.8 Å². The van der Waals surface area contributed by atoms with Crippen LogP contribution in [-0.2, 0) is 14.9 Å². The predicted molar refractivity (Wildman–Crippen MR) is 104 cm³/mol. The van der Waals surface area contributed by atoms with Gasteiger partial charge in [-0.15, -0.1) is 0 Å². The Morgan fingerprint density at radius 2 is 1.67 bits per heavy atom. The summed E-state index contributed by atoms with van der Waals surface area (Å²) in [5.41, 5.74) is -1.05. The molecule has 0 fully saturated rings. The van der Waals surface area contributed by atoms with Gasteiger partial charge in [0.1, 0.15) is 11.4 Å². The summed E-state index contributed by atoms with van der Waals surface area (Å²) >= 11 is 0. The van der Waals surface area contributed by atoms with Crippen molar-refractivity contribution >= 4 is 22.8 Å². The van der Waals surface area contributed by atoms with Crippen LogP contribution in [0.15, 0.2) is 36.4 Å². The minimum absolute atomic E-state index is 0.193. The van der Waals surface area contributed by atoms with Gasteiger partial charge < -0.3 is 19.9 Å². The molecular formula is C21H27NO5. The number of carboxylic acids is 1. The second-order valence-electron chi connectivity index (χ2n) is 7.74. The van der Waals surface area contributed by atoms with Crippen molar-refractivity contribution in [1.82, 2.24) is 5.32 Å². The number of nitrogens with one attached hydrogen (secondary N) is 1. The lowest BCUT2D eigenvalue weighted by molar-refractivity contribution is -0.143. The molecule has 0 spiro atoms. The third kappa shape index (κ3) is 5.12. The lowest BCUT2D eigenvalue weighted by Crippen LogP contribution is -2.39. The summed E-state index contributed by atoms with van der Waals surface area (Å²) in [7, 11) is 1.61. The van der Waals surface area contributed by atoms with Gasteiger partial charge in [0.15, 0.2) is 0 Å². The van der Waals surface area contributed by atoms with Crippen molar-refractivity contribution in [3.05, 3.63) is 42.0 Å². The van der Waals surface area contributed by atoms with E-state index in [9.17, 15) is 14.7 Å². The summed E-state index contributed by atoms with van der Waals surface area (Å²) in [6.45, 7) is 7.18. The van der Waals surface area contributed by atoms with Gasteiger partial charge in [-0.05, 0) is 62.6 Å². The van der Waals surface area contributed by atoms with Gasteiger partial charge >= 0.3 is 12.1 Å². The molecule has 6 heteroatoms. The van der Waals surface area contributed by atoms with Gasteiger partial charge in [-0.3, -0.25) is 4.79 Å². The van der Waals surface area contributed by atoms with Crippen molar-refractivity contribution in [2.75, 3.05) is 13.7 Å². The Morgan fingerprint density at radius 1 is 1.04 bits per heavy atom. The molecule has 1 atom stereocenters. The normalized spacial score (nSPS) is 13.7. The number of benzene rings is 2. The molecule has 27 heavy (non-hydrogen) atoms. The quantitative estimate of drug-likeness (QED) is 0.796. The topological polar surface area (TPSA) is 84.9 Å². The molecule has 2 N–H and O–H groups in total. The molecule has 0 aromatic heterocycles. The van der Waals surface area contributed by atoms with Crippen LogP contribution in [0.5, 0.6) is 5.75 Å². The lowest BCUT2D eigenvalue weighted by Gasteiger charge is -2.26. The maximum atomic E-state index is 12.0. The highest BCUT2D eigenvalue weighted by molar-refractivity contribution is 5.88. The molecule has 0 aliphatic carbocycles. The number of ether oxygens (including phenoxy) is 2. The Kier molecular flexibility index (Phi) is 5.98. The van der Waals surface area contributed by atoms with Crippen molar-refractivity contribution in [3.8, 4) is 5.75 Å². The first-order valence-electron chi connectivity index (χ1n) is 8.84. The van der Waals surface area contributed by atoms with Crippen molar-refractivity contribution in [3.63, 3.8) is 0 Å². The molecule has 0 radical (unpaired) electrons. The third-order valence-corrected chi connectivity index (χ3v) is 4.45. The predicted octanol–water partition coefficient (Wildman–Crippen LogP) is 4.11. The Balaban J connectivity index is 2.18. The molecule has 0 unspecified atom stereocenters. The summed E-state index contributed by atoms with van der Waals surface area (Å²) in [4.78, 5) is 23.8. The molecular weight excluding hydrogens is 346 g/mol. The number of alkyl carbamates (subject to hydrolysis) is 1. The van der Waals surface area contributed by atoms with Gasteiger partial charge in [0.25, 0.3) is 0 Å². The van der Waals surface area contributed by atoms with Gasteiger partial charge in [-0.25, -0.2) is 4.79 Å². The minimum atomic E-state index is -1.14. The number of amides is 1. The first kappa shape index (κ1) is 20.6. The smallest absolute Gasteiger partial charge is 0.407 e. The molecule has 0 aliphatic rings. The van der Waals surface area contributed by atoms with Crippen molar-refractivity contribution in [1.29, 1.82) is 0 Å². The van der Waals surface area contributed by atoms with Crippen LogP contribution in [-0.4, -0.2) is 36.4 Å². The molecule has 2 aromatic rings. The number of hydrogen-bond donors (Lipinski definition) is 2. The SMILES string of the molecule is COc1ccc2cc([C@](C)(CCNC(=O)OC(C)(C)C)C(=O)O)ccc2c1. The highest BCUT2D eigenvalue weighted by Gasteiger charge is 2.35. The fraction of sp³-hybridized carbons (Fsp3) is 0.429. The number of rotatable bonds is 6. The molecule has 146 valence electrons. The second kappa shape index (κ2) is 7.86. The number of methoxy groups -OCH3 is 1. The van der Waals surface area contributed by atoms with Crippen LogP contribution in [0.3, 0.4) is 0 Å². The van der Waals surface area contributed by atoms with Crippen LogP contribution in [0.1, 0.15) is 39.7 Å². The number of hydrogen-bond acceptors (Lipinski definition) is 4. The zero-order valence-corrected chi connectivity index (χ0v) is 16.5. The average molecular weight is 373 g/mol. The summed E-state index contributed by atoms with van der Waals surface area (Å²) in [5.74, 6) is -0.195. The van der Waals surface area contributed by atoms with E-state index in [1.807, 2.05) is 36.4 Å². The van der Waals surface area contributed by atoms with E-state index in [1.54, 1.807) is 34.8 Å². The van der Waals surface area contributed by atoms with Gasteiger partial charge in [0.2, 0.25) is 0 Å². The Morgan fingerprint density at radius 3 is 2.26 bits per heavy atom. The molecule has 0 aliphatic heterocycles. The van der Waals surface area contributed by atoms with Crippen molar-refractivity contribution in [2.24, 2.45) is 0 Å². The Hall–Kier alpha value is -2.76. The summed E-state index contributed by atoms with van der Waals surface area (Å²) < 4.78 is 10.4. The van der Waals surface area contributed by atoms with Crippen LogP contribution >= 0.6 is 0 Å². The third-order valence-electron chi connectivity index (χ3n) is 4.45. The molecule has 2 rings (SSSR count). The average Bonchev–Trinajstić information content (AvgIpc) is 2.58. The summed E-state index contributed by atoms with van der Waals surface area (Å²) in [6, 6.07) is 11.2. The van der Waals surface area contributed by atoms with E-state index >= 15 is 0 Å². The maximum Gasteiger partial charge on any atom is 0.407 e. The lowest BCUT2D eigenvalue weighted by atomic mass is 9.79. The fourth-order valence-corrected chi connectivity index (χ4v) is 2.80. The standard InChI is InChI=1S/C21H27NO5/c1-20(2,3)27-19(25)22-11-10-21(4,18(23)24)16-8-6-15-13-17(26-5)9-7-14(15)12-16/h6-9,12-13H,10-11H2,1-5H3,(H,22,25)(H,23,24)/t21-/m0/s1. The molecule has 0 heterocycles. The summed E-state index contributed by atoms with van der Waals surface area (Å²) in [6.07, 6.45) is -0.315. The van der Waals surface area contributed by atoms with Gasteiger partial charge in [-0.1, -0.05) is 24.3 Å². The van der Waals surface area contributed by atoms with Gasteiger partial charge in [-0.2, -0.15) is 0 Å². The molecule has 0 bridgehead atoms. The van der Waals surface area contributed by atoms with Gasteiger partial charge in [0.05, 0.1) is 12.5 Å². The molecule has 6 nitrogen and oxygen atoms in total. The largest absolute Gasteiger partial charge is 0.497 e. The van der Waals surface area contributed by atoms with Crippen LogP contribution in [0.2, 0.25) is 0 Å². The molecule has 0 saturated carbocycles.